The Kier molecular flexibility index (Phi) is 4.83. The van der Waals surface area contributed by atoms with Crippen LogP contribution in [0, 0.1) is 0 Å². The van der Waals surface area contributed by atoms with Crippen LogP contribution in [-0.4, -0.2) is 27.2 Å². The first-order chi connectivity index (χ1) is 11.1. The van der Waals surface area contributed by atoms with Gasteiger partial charge in [0.25, 0.3) is 0 Å². The standard InChI is InChI=1S/C16H19ClN4O2/c17-10-5-7-11(8-6-10)23-14-9-19-16(18)21-15(14)20-12-3-1-2-4-13(12)22/h5-9,12-13,22H,1-4H2,(H3,18,19,20,21)/t12-,13+/m1/s1. The van der Waals surface area contributed by atoms with Gasteiger partial charge in [-0.15, -0.1) is 0 Å². The first kappa shape index (κ1) is 15.8. The lowest BCUT2D eigenvalue weighted by molar-refractivity contribution is 0.116. The summed E-state index contributed by atoms with van der Waals surface area (Å²) in [6.07, 6.45) is 4.90. The molecule has 0 radical (unpaired) electrons. The molecule has 1 aliphatic rings. The molecule has 7 heteroatoms. The number of aromatic nitrogens is 2. The highest BCUT2D eigenvalue weighted by Crippen LogP contribution is 2.31. The number of ether oxygens (including phenoxy) is 1. The number of nitrogen functional groups attached to an aromatic ring is 1. The van der Waals surface area contributed by atoms with Crippen molar-refractivity contribution in [3.05, 3.63) is 35.5 Å². The highest BCUT2D eigenvalue weighted by Gasteiger charge is 2.24. The number of aliphatic hydroxyl groups excluding tert-OH is 1. The average molecular weight is 335 g/mol. The Balaban J connectivity index is 1.81. The van der Waals surface area contributed by atoms with Crippen LogP contribution >= 0.6 is 11.6 Å². The van der Waals surface area contributed by atoms with Gasteiger partial charge in [-0.3, -0.25) is 0 Å². The number of rotatable bonds is 4. The number of halogens is 1. The molecule has 1 fully saturated rings. The molecule has 0 spiro atoms. The SMILES string of the molecule is Nc1ncc(Oc2ccc(Cl)cc2)c(N[C@@H]2CCCC[C@@H]2O)n1. The molecular weight excluding hydrogens is 316 g/mol. The summed E-state index contributed by atoms with van der Waals surface area (Å²) in [6, 6.07) is 6.95. The topological polar surface area (TPSA) is 93.3 Å². The normalized spacial score (nSPS) is 21.0. The maximum atomic E-state index is 10.1. The highest BCUT2D eigenvalue weighted by atomic mass is 35.5. The minimum Gasteiger partial charge on any atom is -0.452 e. The number of benzene rings is 1. The molecule has 122 valence electrons. The van der Waals surface area contributed by atoms with Crippen LogP contribution in [0.2, 0.25) is 5.02 Å². The van der Waals surface area contributed by atoms with Gasteiger partial charge in [0.15, 0.2) is 11.6 Å². The smallest absolute Gasteiger partial charge is 0.222 e. The third kappa shape index (κ3) is 4.03. The van der Waals surface area contributed by atoms with Crippen molar-refractivity contribution >= 4 is 23.4 Å². The van der Waals surface area contributed by atoms with Crippen molar-refractivity contribution in [3.63, 3.8) is 0 Å². The molecule has 2 atom stereocenters. The van der Waals surface area contributed by atoms with Gasteiger partial charge >= 0.3 is 0 Å². The third-order valence-electron chi connectivity index (χ3n) is 3.87. The van der Waals surface area contributed by atoms with Gasteiger partial charge in [-0.2, -0.15) is 4.98 Å². The molecule has 0 amide bonds. The van der Waals surface area contributed by atoms with Crippen molar-refractivity contribution < 1.29 is 9.84 Å². The molecule has 3 rings (SSSR count). The maximum Gasteiger partial charge on any atom is 0.222 e. The van der Waals surface area contributed by atoms with E-state index in [9.17, 15) is 5.11 Å². The molecule has 23 heavy (non-hydrogen) atoms. The fourth-order valence-electron chi connectivity index (χ4n) is 2.65. The summed E-state index contributed by atoms with van der Waals surface area (Å²) >= 11 is 5.87. The molecule has 4 N–H and O–H groups in total. The zero-order valence-corrected chi connectivity index (χ0v) is 13.3. The number of nitrogens with two attached hydrogens (primary N) is 1. The molecule has 0 saturated heterocycles. The van der Waals surface area contributed by atoms with E-state index >= 15 is 0 Å². The second kappa shape index (κ2) is 7.02. The van der Waals surface area contributed by atoms with Crippen LogP contribution in [0.3, 0.4) is 0 Å². The fraction of sp³-hybridized carbons (Fsp3) is 0.375. The van der Waals surface area contributed by atoms with Crippen LogP contribution in [-0.2, 0) is 0 Å². The lowest BCUT2D eigenvalue weighted by Crippen LogP contribution is -2.36. The molecule has 6 nitrogen and oxygen atoms in total. The van der Waals surface area contributed by atoms with Crippen molar-refractivity contribution in [2.24, 2.45) is 0 Å². The predicted molar refractivity (Wildman–Crippen MR) is 89.9 cm³/mol. The Morgan fingerprint density at radius 1 is 1.22 bits per heavy atom. The molecule has 1 aromatic carbocycles. The monoisotopic (exact) mass is 334 g/mol. The minimum atomic E-state index is -0.400. The summed E-state index contributed by atoms with van der Waals surface area (Å²) < 4.78 is 5.81. The lowest BCUT2D eigenvalue weighted by atomic mass is 9.92. The molecular formula is C16H19ClN4O2. The Bertz CT molecular complexity index is 666. The van der Waals surface area contributed by atoms with Crippen LogP contribution in [0.4, 0.5) is 11.8 Å². The second-order valence-electron chi connectivity index (χ2n) is 5.60. The zero-order chi connectivity index (χ0) is 16.2. The largest absolute Gasteiger partial charge is 0.452 e. The van der Waals surface area contributed by atoms with Gasteiger partial charge in [0.1, 0.15) is 5.75 Å². The molecule has 2 aromatic rings. The van der Waals surface area contributed by atoms with Gasteiger partial charge in [-0.25, -0.2) is 4.98 Å². The van der Waals surface area contributed by atoms with Gasteiger partial charge in [0.2, 0.25) is 5.95 Å². The van der Waals surface area contributed by atoms with E-state index in [1.807, 2.05) is 0 Å². The Morgan fingerprint density at radius 3 is 2.70 bits per heavy atom. The van der Waals surface area contributed by atoms with Gasteiger partial charge in [0.05, 0.1) is 18.3 Å². The van der Waals surface area contributed by atoms with Crippen LogP contribution in [0.5, 0.6) is 11.5 Å². The van der Waals surface area contributed by atoms with Crippen molar-refractivity contribution in [2.75, 3.05) is 11.1 Å². The molecule has 1 heterocycles. The predicted octanol–water partition coefficient (Wildman–Crippen LogP) is 3.22. The fourth-order valence-corrected chi connectivity index (χ4v) is 2.77. The van der Waals surface area contributed by atoms with Crippen molar-refractivity contribution in [3.8, 4) is 11.5 Å². The van der Waals surface area contributed by atoms with E-state index in [2.05, 4.69) is 15.3 Å². The van der Waals surface area contributed by atoms with Gasteiger partial charge in [-0.1, -0.05) is 24.4 Å². The van der Waals surface area contributed by atoms with Crippen molar-refractivity contribution in [1.82, 2.24) is 9.97 Å². The van der Waals surface area contributed by atoms with Crippen molar-refractivity contribution in [2.45, 2.75) is 37.8 Å². The maximum absolute atomic E-state index is 10.1. The van der Waals surface area contributed by atoms with E-state index in [1.54, 1.807) is 24.3 Å². The summed E-state index contributed by atoms with van der Waals surface area (Å²) in [5, 5.41) is 14.0. The molecule has 0 unspecified atom stereocenters. The highest BCUT2D eigenvalue weighted by molar-refractivity contribution is 6.30. The molecule has 0 aliphatic heterocycles. The molecule has 1 saturated carbocycles. The van der Waals surface area contributed by atoms with E-state index in [4.69, 9.17) is 22.1 Å². The van der Waals surface area contributed by atoms with E-state index in [0.717, 1.165) is 25.7 Å². The van der Waals surface area contributed by atoms with Crippen LogP contribution < -0.4 is 15.8 Å². The molecule has 1 aliphatic carbocycles. The summed E-state index contributed by atoms with van der Waals surface area (Å²) in [6.45, 7) is 0. The summed E-state index contributed by atoms with van der Waals surface area (Å²) in [5.41, 5.74) is 5.68. The molecule has 1 aromatic heterocycles. The van der Waals surface area contributed by atoms with E-state index in [0.29, 0.717) is 22.3 Å². The van der Waals surface area contributed by atoms with Gasteiger partial charge < -0.3 is 20.9 Å². The van der Waals surface area contributed by atoms with E-state index < -0.39 is 6.10 Å². The van der Waals surface area contributed by atoms with E-state index in [1.165, 1.54) is 6.20 Å². The first-order valence-electron chi connectivity index (χ1n) is 7.62. The van der Waals surface area contributed by atoms with E-state index in [-0.39, 0.29) is 12.0 Å². The Morgan fingerprint density at radius 2 is 1.96 bits per heavy atom. The van der Waals surface area contributed by atoms with Crippen LogP contribution in [0.25, 0.3) is 0 Å². The molecule has 0 bridgehead atoms. The summed E-state index contributed by atoms with van der Waals surface area (Å²) in [4.78, 5) is 8.19. The third-order valence-corrected chi connectivity index (χ3v) is 4.12. The van der Waals surface area contributed by atoms with Crippen LogP contribution in [0.1, 0.15) is 25.7 Å². The summed E-state index contributed by atoms with van der Waals surface area (Å²) in [5.74, 6) is 1.72. The number of aliphatic hydroxyl groups is 1. The number of hydrogen-bond donors (Lipinski definition) is 3. The van der Waals surface area contributed by atoms with Crippen molar-refractivity contribution in [1.29, 1.82) is 0 Å². The van der Waals surface area contributed by atoms with Gasteiger partial charge in [0, 0.05) is 5.02 Å². The number of hydrogen-bond acceptors (Lipinski definition) is 6. The number of anilines is 2. The first-order valence-corrected chi connectivity index (χ1v) is 8.00. The number of nitrogens with zero attached hydrogens (tertiary/aromatic N) is 2. The number of nitrogens with one attached hydrogen (secondary N) is 1. The quantitative estimate of drug-likeness (QED) is 0.795. The summed E-state index contributed by atoms with van der Waals surface area (Å²) in [7, 11) is 0. The van der Waals surface area contributed by atoms with Gasteiger partial charge in [-0.05, 0) is 37.1 Å². The Hall–Kier alpha value is -2.05. The zero-order valence-electron chi connectivity index (χ0n) is 12.6. The Labute approximate surface area is 139 Å². The minimum absolute atomic E-state index is 0.0642. The second-order valence-corrected chi connectivity index (χ2v) is 6.04. The lowest BCUT2D eigenvalue weighted by Gasteiger charge is -2.29. The van der Waals surface area contributed by atoms with Crippen LogP contribution in [0.15, 0.2) is 30.5 Å². The average Bonchev–Trinajstić information content (AvgIpc) is 2.54.